The van der Waals surface area contributed by atoms with Crippen LogP contribution in [0.2, 0.25) is 0 Å². The third kappa shape index (κ3) is 3.63. The summed E-state index contributed by atoms with van der Waals surface area (Å²) in [5.74, 6) is -1.79. The minimum Gasteiger partial charge on any atom is -0.368 e. The van der Waals surface area contributed by atoms with Crippen LogP contribution in [-0.2, 0) is 10.0 Å². The average molecular weight is 392 g/mol. The van der Waals surface area contributed by atoms with Crippen LogP contribution in [0.5, 0.6) is 0 Å². The van der Waals surface area contributed by atoms with Gasteiger partial charge in [-0.15, -0.1) is 0 Å². The number of aryl methyl sites for hydroxylation is 2. The number of rotatable bonds is 3. The van der Waals surface area contributed by atoms with Gasteiger partial charge in [-0.2, -0.15) is 9.57 Å². The first-order chi connectivity index (χ1) is 12.7. The summed E-state index contributed by atoms with van der Waals surface area (Å²) in [5, 5.41) is 9.41. The van der Waals surface area contributed by atoms with Crippen molar-refractivity contribution in [2.24, 2.45) is 0 Å². The van der Waals surface area contributed by atoms with E-state index in [-0.39, 0.29) is 13.1 Å². The van der Waals surface area contributed by atoms with Gasteiger partial charge in [0, 0.05) is 31.9 Å². The molecule has 0 amide bonds. The first-order valence-electron chi connectivity index (χ1n) is 8.32. The van der Waals surface area contributed by atoms with Crippen LogP contribution in [0, 0.1) is 36.8 Å². The molecule has 0 atom stereocenters. The molecular formula is C18H18F2N4O2S. The number of sulfonamides is 1. The van der Waals surface area contributed by atoms with E-state index >= 15 is 0 Å². The standard InChI is InChI=1S/C18H18F2N4O2S/c1-12-9-17(15(11-21)13(2)22-12)23-5-7-24(8-6-23)27(25,26)18-10-14(19)3-4-16(18)20/h3-4,9-10H,5-8H2,1-2H3. The zero-order chi connectivity index (χ0) is 19.8. The fourth-order valence-electron chi connectivity index (χ4n) is 3.18. The van der Waals surface area contributed by atoms with Crippen molar-refractivity contribution in [2.45, 2.75) is 18.7 Å². The van der Waals surface area contributed by atoms with Crippen molar-refractivity contribution in [3.05, 3.63) is 52.9 Å². The molecule has 9 heteroatoms. The fourth-order valence-corrected chi connectivity index (χ4v) is 4.68. The van der Waals surface area contributed by atoms with Gasteiger partial charge in [-0.1, -0.05) is 0 Å². The number of piperazine rings is 1. The highest BCUT2D eigenvalue weighted by Crippen LogP contribution is 2.27. The quantitative estimate of drug-likeness (QED) is 0.801. The van der Waals surface area contributed by atoms with E-state index in [4.69, 9.17) is 0 Å². The van der Waals surface area contributed by atoms with E-state index in [9.17, 15) is 22.5 Å². The second-order valence-corrected chi connectivity index (χ2v) is 8.23. The molecule has 6 nitrogen and oxygen atoms in total. The van der Waals surface area contributed by atoms with Crippen molar-refractivity contribution in [1.29, 1.82) is 5.26 Å². The van der Waals surface area contributed by atoms with Gasteiger partial charge >= 0.3 is 0 Å². The molecule has 1 saturated heterocycles. The summed E-state index contributed by atoms with van der Waals surface area (Å²) in [6.07, 6.45) is 0. The molecule has 2 heterocycles. The molecule has 1 aromatic heterocycles. The number of anilines is 1. The summed E-state index contributed by atoms with van der Waals surface area (Å²) in [5.41, 5.74) is 2.53. The Morgan fingerprint density at radius 1 is 1.11 bits per heavy atom. The van der Waals surface area contributed by atoms with Gasteiger partial charge in [0.05, 0.1) is 16.9 Å². The summed E-state index contributed by atoms with van der Waals surface area (Å²) >= 11 is 0. The Morgan fingerprint density at radius 3 is 2.41 bits per heavy atom. The van der Waals surface area contributed by atoms with E-state index in [1.54, 1.807) is 13.0 Å². The van der Waals surface area contributed by atoms with E-state index in [0.29, 0.717) is 36.1 Å². The molecule has 2 aromatic rings. The van der Waals surface area contributed by atoms with Gasteiger partial charge in [0.15, 0.2) is 0 Å². The van der Waals surface area contributed by atoms with Crippen molar-refractivity contribution in [2.75, 3.05) is 31.1 Å². The normalized spacial score (nSPS) is 15.6. The number of aromatic nitrogens is 1. The average Bonchev–Trinajstić information content (AvgIpc) is 2.63. The van der Waals surface area contributed by atoms with Crippen molar-refractivity contribution in [3.8, 4) is 6.07 Å². The summed E-state index contributed by atoms with van der Waals surface area (Å²) in [6.45, 7) is 4.43. The Bertz CT molecular complexity index is 1030. The topological polar surface area (TPSA) is 77.3 Å². The molecule has 1 aromatic carbocycles. The molecule has 0 radical (unpaired) electrons. The molecule has 0 spiro atoms. The molecule has 1 fully saturated rings. The SMILES string of the molecule is Cc1cc(N2CCN(S(=O)(=O)c3cc(F)ccc3F)CC2)c(C#N)c(C)n1. The maximum atomic E-state index is 13.9. The van der Waals surface area contributed by atoms with E-state index in [1.807, 2.05) is 11.8 Å². The minimum atomic E-state index is -4.14. The molecule has 0 bridgehead atoms. The van der Waals surface area contributed by atoms with E-state index in [1.165, 1.54) is 0 Å². The van der Waals surface area contributed by atoms with Crippen molar-refractivity contribution < 1.29 is 17.2 Å². The lowest BCUT2D eigenvalue weighted by Crippen LogP contribution is -2.49. The van der Waals surface area contributed by atoms with Crippen molar-refractivity contribution in [1.82, 2.24) is 9.29 Å². The van der Waals surface area contributed by atoms with Crippen LogP contribution in [0.25, 0.3) is 0 Å². The summed E-state index contributed by atoms with van der Waals surface area (Å²) < 4.78 is 53.8. The number of hydrogen-bond donors (Lipinski definition) is 0. The first kappa shape index (κ1) is 19.2. The number of nitrogens with zero attached hydrogens (tertiary/aromatic N) is 4. The number of hydrogen-bond acceptors (Lipinski definition) is 5. The molecule has 1 aliphatic rings. The first-order valence-corrected chi connectivity index (χ1v) is 9.76. The second kappa shape index (κ2) is 7.21. The smallest absolute Gasteiger partial charge is 0.246 e. The van der Waals surface area contributed by atoms with Gasteiger partial charge in [0.25, 0.3) is 0 Å². The van der Waals surface area contributed by atoms with Crippen LogP contribution in [0.15, 0.2) is 29.2 Å². The van der Waals surface area contributed by atoms with Crippen LogP contribution >= 0.6 is 0 Å². The summed E-state index contributed by atoms with van der Waals surface area (Å²) in [7, 11) is -4.14. The number of pyridine rings is 1. The van der Waals surface area contributed by atoms with Gasteiger partial charge in [-0.25, -0.2) is 17.2 Å². The molecule has 27 heavy (non-hydrogen) atoms. The zero-order valence-electron chi connectivity index (χ0n) is 14.9. The van der Waals surface area contributed by atoms with E-state index < -0.39 is 26.6 Å². The number of nitriles is 1. The number of halogens is 2. The highest BCUT2D eigenvalue weighted by Gasteiger charge is 2.31. The third-order valence-corrected chi connectivity index (χ3v) is 6.42. The highest BCUT2D eigenvalue weighted by molar-refractivity contribution is 7.89. The Hall–Kier alpha value is -2.57. The lowest BCUT2D eigenvalue weighted by molar-refractivity contribution is 0.382. The molecule has 1 aliphatic heterocycles. The predicted molar refractivity (Wildman–Crippen MR) is 95.8 cm³/mol. The highest BCUT2D eigenvalue weighted by atomic mass is 32.2. The van der Waals surface area contributed by atoms with Crippen LogP contribution in [-0.4, -0.2) is 43.9 Å². The monoisotopic (exact) mass is 392 g/mol. The number of benzene rings is 1. The molecule has 0 aliphatic carbocycles. The van der Waals surface area contributed by atoms with Crippen LogP contribution in [0.3, 0.4) is 0 Å². The van der Waals surface area contributed by atoms with Gasteiger partial charge in [0.2, 0.25) is 10.0 Å². The maximum absolute atomic E-state index is 13.9. The molecule has 0 N–H and O–H groups in total. The van der Waals surface area contributed by atoms with E-state index in [0.717, 1.165) is 22.1 Å². The van der Waals surface area contributed by atoms with Crippen LogP contribution in [0.4, 0.5) is 14.5 Å². The van der Waals surface area contributed by atoms with Gasteiger partial charge in [-0.05, 0) is 38.1 Å². The van der Waals surface area contributed by atoms with Crippen molar-refractivity contribution in [3.63, 3.8) is 0 Å². The van der Waals surface area contributed by atoms with E-state index in [2.05, 4.69) is 11.1 Å². The largest absolute Gasteiger partial charge is 0.368 e. The van der Waals surface area contributed by atoms with Gasteiger partial charge in [0.1, 0.15) is 22.6 Å². The summed E-state index contributed by atoms with van der Waals surface area (Å²) in [4.78, 5) is 5.53. The minimum absolute atomic E-state index is 0.101. The Kier molecular flexibility index (Phi) is 5.13. The van der Waals surface area contributed by atoms with Gasteiger partial charge in [-0.3, -0.25) is 4.98 Å². The molecule has 0 saturated carbocycles. The van der Waals surface area contributed by atoms with Crippen molar-refractivity contribution >= 4 is 15.7 Å². The lowest BCUT2D eigenvalue weighted by Gasteiger charge is -2.36. The Balaban J connectivity index is 1.84. The molecule has 3 rings (SSSR count). The zero-order valence-corrected chi connectivity index (χ0v) is 15.7. The Labute approximate surface area is 156 Å². The lowest BCUT2D eigenvalue weighted by atomic mass is 10.1. The molecule has 142 valence electrons. The van der Waals surface area contributed by atoms with Gasteiger partial charge < -0.3 is 4.90 Å². The van der Waals surface area contributed by atoms with Crippen LogP contribution < -0.4 is 4.90 Å². The molecule has 0 unspecified atom stereocenters. The Morgan fingerprint density at radius 2 is 1.78 bits per heavy atom. The molecular weight excluding hydrogens is 374 g/mol. The predicted octanol–water partition coefficient (Wildman–Crippen LogP) is 2.36. The fraction of sp³-hybridized carbons (Fsp3) is 0.333. The van der Waals surface area contributed by atoms with Crippen LogP contribution in [0.1, 0.15) is 17.0 Å². The summed E-state index contributed by atoms with van der Waals surface area (Å²) in [6, 6.07) is 6.32. The second-order valence-electron chi connectivity index (χ2n) is 6.32. The maximum Gasteiger partial charge on any atom is 0.246 e. The third-order valence-electron chi connectivity index (χ3n) is 4.51.